The summed E-state index contributed by atoms with van der Waals surface area (Å²) in [7, 11) is 3.23. The van der Waals surface area contributed by atoms with Crippen molar-refractivity contribution in [1.29, 1.82) is 0 Å². The lowest BCUT2D eigenvalue weighted by molar-refractivity contribution is -0.132. The van der Waals surface area contributed by atoms with E-state index in [1.165, 1.54) is 6.42 Å². The first-order valence-corrected chi connectivity index (χ1v) is 13.4. The van der Waals surface area contributed by atoms with E-state index >= 15 is 0 Å². The van der Waals surface area contributed by atoms with Crippen LogP contribution in [-0.4, -0.2) is 61.1 Å². The number of nitrogens with zero attached hydrogens (tertiary/aromatic N) is 2. The molecule has 1 N–H and O–H groups in total. The number of urea groups is 1. The summed E-state index contributed by atoms with van der Waals surface area (Å²) < 4.78 is 10.8. The fourth-order valence-electron chi connectivity index (χ4n) is 4.42. The SMILES string of the molecule is COc1ccc(CCN(Cc2cccs2)C(=O)CN(C(=O)NC2CCCCC2)C(C)C)cc1OC. The third-order valence-electron chi connectivity index (χ3n) is 6.52. The molecule has 0 atom stereocenters. The Morgan fingerprint density at radius 3 is 2.46 bits per heavy atom. The van der Waals surface area contributed by atoms with Gasteiger partial charge in [0.1, 0.15) is 6.54 Å². The van der Waals surface area contributed by atoms with Crippen LogP contribution in [0.3, 0.4) is 0 Å². The van der Waals surface area contributed by atoms with E-state index in [0.717, 1.165) is 36.1 Å². The molecule has 0 saturated heterocycles. The maximum Gasteiger partial charge on any atom is 0.318 e. The average molecular weight is 502 g/mol. The third-order valence-corrected chi connectivity index (χ3v) is 7.38. The molecule has 192 valence electrons. The Labute approximate surface area is 213 Å². The largest absolute Gasteiger partial charge is 0.493 e. The first-order valence-electron chi connectivity index (χ1n) is 12.5. The van der Waals surface area contributed by atoms with Crippen LogP contribution in [0.25, 0.3) is 0 Å². The van der Waals surface area contributed by atoms with Crippen molar-refractivity contribution >= 4 is 23.3 Å². The van der Waals surface area contributed by atoms with Crippen LogP contribution >= 0.6 is 11.3 Å². The highest BCUT2D eigenvalue weighted by molar-refractivity contribution is 7.09. The number of nitrogens with one attached hydrogen (secondary N) is 1. The van der Waals surface area contributed by atoms with Gasteiger partial charge in [-0.15, -0.1) is 11.3 Å². The zero-order chi connectivity index (χ0) is 25.2. The lowest BCUT2D eigenvalue weighted by Crippen LogP contribution is -2.52. The molecule has 1 saturated carbocycles. The zero-order valence-electron chi connectivity index (χ0n) is 21.4. The summed E-state index contributed by atoms with van der Waals surface area (Å²) in [6, 6.07) is 9.85. The first-order chi connectivity index (χ1) is 16.9. The van der Waals surface area contributed by atoms with Crippen LogP contribution in [-0.2, 0) is 17.8 Å². The molecule has 7 nitrogen and oxygen atoms in total. The molecular formula is C27H39N3O4S. The molecule has 1 aliphatic carbocycles. The van der Waals surface area contributed by atoms with Crippen molar-refractivity contribution in [3.63, 3.8) is 0 Å². The monoisotopic (exact) mass is 501 g/mol. The number of hydrogen-bond donors (Lipinski definition) is 1. The van der Waals surface area contributed by atoms with Crippen LogP contribution in [0.4, 0.5) is 4.79 Å². The summed E-state index contributed by atoms with van der Waals surface area (Å²) in [6.45, 7) is 5.05. The van der Waals surface area contributed by atoms with E-state index in [2.05, 4.69) is 5.32 Å². The van der Waals surface area contributed by atoms with Crippen LogP contribution in [0.2, 0.25) is 0 Å². The minimum atomic E-state index is -0.142. The van der Waals surface area contributed by atoms with Gasteiger partial charge in [-0.05, 0) is 62.3 Å². The summed E-state index contributed by atoms with van der Waals surface area (Å²) in [5, 5.41) is 5.18. The van der Waals surface area contributed by atoms with Crippen LogP contribution in [0.15, 0.2) is 35.7 Å². The van der Waals surface area contributed by atoms with Crippen LogP contribution in [0, 0.1) is 0 Å². The fraction of sp³-hybridized carbons (Fsp3) is 0.556. The molecule has 1 aromatic heterocycles. The fourth-order valence-corrected chi connectivity index (χ4v) is 5.14. The molecule has 0 unspecified atom stereocenters. The van der Waals surface area contributed by atoms with Gasteiger partial charge in [-0.1, -0.05) is 31.4 Å². The average Bonchev–Trinajstić information content (AvgIpc) is 3.38. The van der Waals surface area contributed by atoms with Gasteiger partial charge >= 0.3 is 6.03 Å². The van der Waals surface area contributed by atoms with E-state index in [1.807, 2.05) is 54.5 Å². The summed E-state index contributed by atoms with van der Waals surface area (Å²) in [5.74, 6) is 1.30. The summed E-state index contributed by atoms with van der Waals surface area (Å²) in [4.78, 5) is 31.2. The predicted molar refractivity (Wildman–Crippen MR) is 140 cm³/mol. The van der Waals surface area contributed by atoms with Crippen molar-refractivity contribution in [1.82, 2.24) is 15.1 Å². The second-order valence-electron chi connectivity index (χ2n) is 9.34. The van der Waals surface area contributed by atoms with Gasteiger partial charge in [0.05, 0.1) is 20.8 Å². The number of carbonyl (C=O) groups excluding carboxylic acids is 2. The van der Waals surface area contributed by atoms with Gasteiger partial charge in [0.25, 0.3) is 0 Å². The molecule has 0 aliphatic heterocycles. The highest BCUT2D eigenvalue weighted by Crippen LogP contribution is 2.28. The van der Waals surface area contributed by atoms with Crippen LogP contribution in [0.5, 0.6) is 11.5 Å². The predicted octanol–water partition coefficient (Wildman–Crippen LogP) is 5.09. The topological polar surface area (TPSA) is 71.1 Å². The standard InChI is InChI=1S/C27H39N3O4S/c1-20(2)30(27(32)28-22-9-6-5-7-10-22)19-26(31)29(18-23-11-8-16-35-23)15-14-21-12-13-24(33-3)25(17-21)34-4/h8,11-13,16-17,20,22H,5-7,9-10,14-15,18-19H2,1-4H3,(H,28,32). The van der Waals surface area contributed by atoms with Gasteiger partial charge in [0, 0.05) is 23.5 Å². The number of methoxy groups -OCH3 is 2. The van der Waals surface area contributed by atoms with Gasteiger partial charge < -0.3 is 24.6 Å². The van der Waals surface area contributed by atoms with Gasteiger partial charge in [-0.3, -0.25) is 4.79 Å². The summed E-state index contributed by atoms with van der Waals surface area (Å²) in [6.07, 6.45) is 6.24. The molecule has 3 rings (SSSR count). The number of hydrogen-bond acceptors (Lipinski definition) is 5. The summed E-state index contributed by atoms with van der Waals surface area (Å²) in [5.41, 5.74) is 1.06. The molecule has 0 radical (unpaired) electrons. The minimum absolute atomic E-state index is 0.0497. The molecule has 0 bridgehead atoms. The lowest BCUT2D eigenvalue weighted by atomic mass is 9.96. The second kappa shape index (κ2) is 13.4. The van der Waals surface area contributed by atoms with E-state index in [1.54, 1.807) is 30.5 Å². The second-order valence-corrected chi connectivity index (χ2v) is 10.4. The van der Waals surface area contributed by atoms with Crippen LogP contribution in [0.1, 0.15) is 56.4 Å². The quantitative estimate of drug-likeness (QED) is 0.466. The highest BCUT2D eigenvalue weighted by Gasteiger charge is 2.26. The van der Waals surface area contributed by atoms with Crippen molar-refractivity contribution < 1.29 is 19.1 Å². The van der Waals surface area contributed by atoms with Crippen molar-refractivity contribution in [3.8, 4) is 11.5 Å². The number of rotatable bonds is 11. The van der Waals surface area contributed by atoms with Crippen LogP contribution < -0.4 is 14.8 Å². The van der Waals surface area contributed by atoms with Crippen molar-refractivity contribution in [2.24, 2.45) is 0 Å². The Morgan fingerprint density at radius 1 is 1.09 bits per heavy atom. The van der Waals surface area contributed by atoms with Gasteiger partial charge in [-0.25, -0.2) is 4.79 Å². The van der Waals surface area contributed by atoms with Crippen molar-refractivity contribution in [2.75, 3.05) is 27.3 Å². The Balaban J connectivity index is 1.68. The highest BCUT2D eigenvalue weighted by atomic mass is 32.1. The maximum atomic E-state index is 13.5. The lowest BCUT2D eigenvalue weighted by Gasteiger charge is -2.32. The van der Waals surface area contributed by atoms with Crippen molar-refractivity contribution in [3.05, 3.63) is 46.2 Å². The summed E-state index contributed by atoms with van der Waals surface area (Å²) >= 11 is 1.63. The minimum Gasteiger partial charge on any atom is -0.493 e. The molecule has 35 heavy (non-hydrogen) atoms. The number of carbonyl (C=O) groups is 2. The van der Waals surface area contributed by atoms with E-state index in [4.69, 9.17) is 9.47 Å². The number of ether oxygens (including phenoxy) is 2. The number of amides is 3. The molecule has 1 aromatic carbocycles. The molecule has 2 aromatic rings. The molecular weight excluding hydrogens is 462 g/mol. The Morgan fingerprint density at radius 2 is 1.83 bits per heavy atom. The van der Waals surface area contributed by atoms with Gasteiger partial charge in [-0.2, -0.15) is 0 Å². The van der Waals surface area contributed by atoms with E-state index < -0.39 is 0 Å². The number of thiophene rings is 1. The number of benzene rings is 1. The van der Waals surface area contributed by atoms with E-state index in [-0.39, 0.29) is 30.6 Å². The maximum absolute atomic E-state index is 13.5. The molecule has 1 fully saturated rings. The Bertz CT molecular complexity index is 942. The molecule has 3 amide bonds. The molecule has 0 spiro atoms. The Kier molecular flexibility index (Phi) is 10.3. The van der Waals surface area contributed by atoms with Gasteiger partial charge in [0.15, 0.2) is 11.5 Å². The smallest absolute Gasteiger partial charge is 0.318 e. The van der Waals surface area contributed by atoms with Gasteiger partial charge in [0.2, 0.25) is 5.91 Å². The van der Waals surface area contributed by atoms with E-state index in [9.17, 15) is 9.59 Å². The van der Waals surface area contributed by atoms with Crippen molar-refractivity contribution in [2.45, 2.75) is 71.0 Å². The molecule has 8 heteroatoms. The first kappa shape index (κ1) is 26.9. The van der Waals surface area contributed by atoms with E-state index in [0.29, 0.717) is 31.0 Å². The molecule has 1 aliphatic rings. The third kappa shape index (κ3) is 7.88. The normalized spacial score (nSPS) is 14.0. The zero-order valence-corrected chi connectivity index (χ0v) is 22.2. The Hall–Kier alpha value is -2.74. The molecule has 1 heterocycles.